The predicted octanol–water partition coefficient (Wildman–Crippen LogP) is 3.94. The Hall–Kier alpha value is -3.27. The van der Waals surface area contributed by atoms with E-state index in [0.29, 0.717) is 13.1 Å². The third kappa shape index (κ3) is 4.38. The van der Waals surface area contributed by atoms with Gasteiger partial charge in [0.15, 0.2) is 0 Å². The van der Waals surface area contributed by atoms with Gasteiger partial charge in [-0.2, -0.15) is 0 Å². The van der Waals surface area contributed by atoms with E-state index in [0.717, 1.165) is 11.1 Å². The number of nitrogens with zero attached hydrogens (tertiary/aromatic N) is 1. The largest absolute Gasteiger partial charge is 0.508 e. The Bertz CT molecular complexity index is 786. The van der Waals surface area contributed by atoms with Crippen LogP contribution in [0.3, 0.4) is 0 Å². The van der Waals surface area contributed by atoms with E-state index in [2.05, 4.69) is 0 Å². The first-order valence-corrected chi connectivity index (χ1v) is 8.02. The molecule has 25 heavy (non-hydrogen) atoms. The lowest BCUT2D eigenvalue weighted by Crippen LogP contribution is -2.30. The molecule has 0 spiro atoms. The van der Waals surface area contributed by atoms with E-state index in [-0.39, 0.29) is 23.0 Å². The first kappa shape index (κ1) is 16.6. The van der Waals surface area contributed by atoms with E-state index in [1.54, 1.807) is 4.90 Å². The van der Waals surface area contributed by atoms with Crippen molar-refractivity contribution in [3.05, 3.63) is 95.6 Å². The van der Waals surface area contributed by atoms with E-state index in [4.69, 9.17) is 0 Å². The second-order valence-corrected chi connectivity index (χ2v) is 5.87. The standard InChI is InChI=1S/C21H19NO3/c23-19-11-18(12-20(24)13-19)21(25)22(14-16-7-3-1-4-8-16)15-17-9-5-2-6-10-17/h1-13,23-24H,14-15H2. The molecule has 4 nitrogen and oxygen atoms in total. The van der Waals surface area contributed by atoms with Crippen LogP contribution in [-0.2, 0) is 13.1 Å². The molecule has 1 amide bonds. The molecule has 0 aromatic heterocycles. The van der Waals surface area contributed by atoms with Crippen molar-refractivity contribution < 1.29 is 15.0 Å². The van der Waals surface area contributed by atoms with Gasteiger partial charge in [0.2, 0.25) is 0 Å². The number of benzene rings is 3. The maximum absolute atomic E-state index is 13.0. The summed E-state index contributed by atoms with van der Waals surface area (Å²) < 4.78 is 0. The van der Waals surface area contributed by atoms with Crippen molar-refractivity contribution in [1.82, 2.24) is 4.90 Å². The van der Waals surface area contributed by atoms with Gasteiger partial charge in [-0.15, -0.1) is 0 Å². The van der Waals surface area contributed by atoms with Crippen molar-refractivity contribution in [2.75, 3.05) is 0 Å². The molecule has 4 heteroatoms. The molecule has 0 radical (unpaired) electrons. The number of amides is 1. The molecule has 0 saturated carbocycles. The molecule has 0 atom stereocenters. The van der Waals surface area contributed by atoms with Gasteiger partial charge in [-0.3, -0.25) is 4.79 Å². The predicted molar refractivity (Wildman–Crippen MR) is 96.2 cm³/mol. The van der Waals surface area contributed by atoms with Gasteiger partial charge in [0.1, 0.15) is 11.5 Å². The molecule has 0 fully saturated rings. The zero-order valence-corrected chi connectivity index (χ0v) is 13.7. The molecule has 0 heterocycles. The number of carbonyl (C=O) groups excluding carboxylic acids is 1. The van der Waals surface area contributed by atoms with Crippen molar-refractivity contribution in [3.63, 3.8) is 0 Å². The molecular weight excluding hydrogens is 314 g/mol. The smallest absolute Gasteiger partial charge is 0.254 e. The summed E-state index contributed by atoms with van der Waals surface area (Å²) in [6.07, 6.45) is 0. The lowest BCUT2D eigenvalue weighted by atomic mass is 10.1. The molecule has 3 rings (SSSR count). The Labute approximate surface area is 146 Å². The highest BCUT2D eigenvalue weighted by atomic mass is 16.3. The lowest BCUT2D eigenvalue weighted by molar-refractivity contribution is 0.0729. The Balaban J connectivity index is 1.90. The van der Waals surface area contributed by atoms with Crippen LogP contribution < -0.4 is 0 Å². The van der Waals surface area contributed by atoms with E-state index in [1.807, 2.05) is 60.7 Å². The molecule has 0 saturated heterocycles. The molecule has 0 aliphatic carbocycles. The van der Waals surface area contributed by atoms with Crippen LogP contribution in [0.15, 0.2) is 78.9 Å². The Morgan fingerprint density at radius 3 is 1.60 bits per heavy atom. The second-order valence-electron chi connectivity index (χ2n) is 5.87. The summed E-state index contributed by atoms with van der Waals surface area (Å²) >= 11 is 0. The van der Waals surface area contributed by atoms with E-state index in [9.17, 15) is 15.0 Å². The van der Waals surface area contributed by atoms with Crippen molar-refractivity contribution in [2.24, 2.45) is 0 Å². The van der Waals surface area contributed by atoms with Gasteiger partial charge in [0, 0.05) is 24.7 Å². The van der Waals surface area contributed by atoms with Crippen molar-refractivity contribution in [3.8, 4) is 11.5 Å². The number of hydrogen-bond acceptors (Lipinski definition) is 3. The average molecular weight is 333 g/mol. The number of carbonyl (C=O) groups is 1. The summed E-state index contributed by atoms with van der Waals surface area (Å²) in [6.45, 7) is 0.871. The van der Waals surface area contributed by atoms with Crippen LogP contribution in [0.1, 0.15) is 21.5 Å². The van der Waals surface area contributed by atoms with Gasteiger partial charge in [-0.05, 0) is 23.3 Å². The summed E-state index contributed by atoms with van der Waals surface area (Å²) in [4.78, 5) is 14.7. The SMILES string of the molecule is O=C(c1cc(O)cc(O)c1)N(Cc1ccccc1)Cc1ccccc1. The highest BCUT2D eigenvalue weighted by Gasteiger charge is 2.18. The normalized spacial score (nSPS) is 10.4. The number of rotatable bonds is 5. The summed E-state index contributed by atoms with van der Waals surface area (Å²) in [5.74, 6) is -0.524. The molecule has 2 N–H and O–H groups in total. The lowest BCUT2D eigenvalue weighted by Gasteiger charge is -2.23. The maximum atomic E-state index is 13.0. The summed E-state index contributed by atoms with van der Waals surface area (Å²) in [6, 6.07) is 23.4. The van der Waals surface area contributed by atoms with E-state index < -0.39 is 0 Å². The van der Waals surface area contributed by atoms with Gasteiger partial charge in [-0.25, -0.2) is 0 Å². The molecule has 3 aromatic carbocycles. The van der Waals surface area contributed by atoms with Gasteiger partial charge in [-0.1, -0.05) is 60.7 Å². The van der Waals surface area contributed by atoms with Crippen LogP contribution in [0.5, 0.6) is 11.5 Å². The van der Waals surface area contributed by atoms with Crippen LogP contribution in [0, 0.1) is 0 Å². The molecule has 0 unspecified atom stereocenters. The molecule has 0 aliphatic heterocycles. The maximum Gasteiger partial charge on any atom is 0.254 e. The number of phenolic OH excluding ortho intramolecular Hbond substituents is 2. The van der Waals surface area contributed by atoms with Crippen molar-refractivity contribution in [1.29, 1.82) is 0 Å². The average Bonchev–Trinajstić information content (AvgIpc) is 2.61. The molecule has 126 valence electrons. The first-order valence-electron chi connectivity index (χ1n) is 8.02. The minimum Gasteiger partial charge on any atom is -0.508 e. The molecule has 0 bridgehead atoms. The summed E-state index contributed by atoms with van der Waals surface area (Å²) in [5.41, 5.74) is 2.27. The molecule has 0 aliphatic rings. The van der Waals surface area contributed by atoms with E-state index in [1.165, 1.54) is 18.2 Å². The zero-order chi connectivity index (χ0) is 17.6. The summed E-state index contributed by atoms with van der Waals surface area (Å²) in [7, 11) is 0. The zero-order valence-electron chi connectivity index (χ0n) is 13.7. The van der Waals surface area contributed by atoms with Gasteiger partial charge in [0.25, 0.3) is 5.91 Å². The van der Waals surface area contributed by atoms with Crippen LogP contribution in [0.25, 0.3) is 0 Å². The fraction of sp³-hybridized carbons (Fsp3) is 0.0952. The van der Waals surface area contributed by atoms with E-state index >= 15 is 0 Å². The third-order valence-electron chi connectivity index (χ3n) is 3.87. The highest BCUT2D eigenvalue weighted by molar-refractivity contribution is 5.95. The fourth-order valence-electron chi connectivity index (χ4n) is 2.71. The minimum atomic E-state index is -0.251. The van der Waals surface area contributed by atoms with Crippen molar-refractivity contribution >= 4 is 5.91 Å². The van der Waals surface area contributed by atoms with Gasteiger partial charge < -0.3 is 15.1 Å². The monoisotopic (exact) mass is 333 g/mol. The number of phenols is 2. The number of hydrogen-bond donors (Lipinski definition) is 2. The fourth-order valence-corrected chi connectivity index (χ4v) is 2.71. The first-order chi connectivity index (χ1) is 12.1. The highest BCUT2D eigenvalue weighted by Crippen LogP contribution is 2.23. The Kier molecular flexibility index (Phi) is 5.00. The van der Waals surface area contributed by atoms with Crippen LogP contribution >= 0.6 is 0 Å². The number of aromatic hydroxyl groups is 2. The van der Waals surface area contributed by atoms with Crippen LogP contribution in [0.2, 0.25) is 0 Å². The molecular formula is C21H19NO3. The quantitative estimate of drug-likeness (QED) is 0.743. The Morgan fingerprint density at radius 1 is 0.720 bits per heavy atom. The minimum absolute atomic E-state index is 0.136. The second kappa shape index (κ2) is 7.53. The van der Waals surface area contributed by atoms with Crippen molar-refractivity contribution in [2.45, 2.75) is 13.1 Å². The van der Waals surface area contributed by atoms with Crippen LogP contribution in [0.4, 0.5) is 0 Å². The van der Waals surface area contributed by atoms with Crippen LogP contribution in [-0.4, -0.2) is 21.0 Å². The van der Waals surface area contributed by atoms with Gasteiger partial charge >= 0.3 is 0 Å². The van der Waals surface area contributed by atoms with Gasteiger partial charge in [0.05, 0.1) is 0 Å². The Morgan fingerprint density at radius 2 is 1.16 bits per heavy atom. The summed E-state index contributed by atoms with van der Waals surface area (Å²) in [5, 5.41) is 19.3. The third-order valence-corrected chi connectivity index (χ3v) is 3.87. The topological polar surface area (TPSA) is 60.8 Å². The molecule has 3 aromatic rings.